The van der Waals surface area contributed by atoms with Gasteiger partial charge in [0.2, 0.25) is 0 Å². The first-order chi connectivity index (χ1) is 8.90. The van der Waals surface area contributed by atoms with Crippen LogP contribution in [0.25, 0.3) is 5.69 Å². The van der Waals surface area contributed by atoms with E-state index >= 15 is 0 Å². The summed E-state index contributed by atoms with van der Waals surface area (Å²) in [5.41, 5.74) is 2.83. The third kappa shape index (κ3) is 2.45. The maximum atomic E-state index is 11.8. The normalized spacial score (nSPS) is 10.5. The summed E-state index contributed by atoms with van der Waals surface area (Å²) in [6.07, 6.45) is 0. The number of benzene rings is 1. The molecule has 0 saturated heterocycles. The molecule has 5 nitrogen and oxygen atoms in total. The van der Waals surface area contributed by atoms with Crippen LogP contribution in [-0.4, -0.2) is 39.8 Å². The lowest BCUT2D eigenvalue weighted by Crippen LogP contribution is -2.21. The van der Waals surface area contributed by atoms with Crippen molar-refractivity contribution in [3.8, 4) is 11.4 Å². The maximum Gasteiger partial charge on any atom is 0.253 e. The Bertz CT molecular complexity index is 630. The van der Waals surface area contributed by atoms with Gasteiger partial charge in [-0.05, 0) is 38.1 Å². The van der Waals surface area contributed by atoms with Crippen LogP contribution in [0.5, 0.6) is 5.75 Å². The minimum atomic E-state index is -0.143. The third-order valence-corrected chi connectivity index (χ3v) is 2.87. The minimum absolute atomic E-state index is 0.0406. The van der Waals surface area contributed by atoms with Crippen molar-refractivity contribution in [3.05, 3.63) is 41.2 Å². The largest absolute Gasteiger partial charge is 0.506 e. The van der Waals surface area contributed by atoms with E-state index in [2.05, 4.69) is 5.10 Å². The Morgan fingerprint density at radius 2 is 1.95 bits per heavy atom. The fourth-order valence-corrected chi connectivity index (χ4v) is 1.97. The van der Waals surface area contributed by atoms with Gasteiger partial charge in [0.25, 0.3) is 5.91 Å². The zero-order chi connectivity index (χ0) is 14.2. The molecular weight excluding hydrogens is 242 g/mol. The highest BCUT2D eigenvalue weighted by molar-refractivity contribution is 5.94. The van der Waals surface area contributed by atoms with Crippen molar-refractivity contribution in [1.29, 1.82) is 0 Å². The SMILES string of the molecule is Cc1cc(C)n(-c2ccc(C(=O)N(C)C)cc2O)n1. The van der Waals surface area contributed by atoms with Crippen LogP contribution in [0.15, 0.2) is 24.3 Å². The number of hydrogen-bond acceptors (Lipinski definition) is 3. The number of aromatic nitrogens is 2. The second-order valence-electron chi connectivity index (χ2n) is 4.74. The number of hydrogen-bond donors (Lipinski definition) is 1. The van der Waals surface area contributed by atoms with Crippen LogP contribution in [-0.2, 0) is 0 Å². The highest BCUT2D eigenvalue weighted by Gasteiger charge is 2.13. The molecule has 2 aromatic rings. The monoisotopic (exact) mass is 259 g/mol. The van der Waals surface area contributed by atoms with Crippen molar-refractivity contribution in [3.63, 3.8) is 0 Å². The van der Waals surface area contributed by atoms with Gasteiger partial charge in [-0.15, -0.1) is 0 Å². The molecule has 19 heavy (non-hydrogen) atoms. The van der Waals surface area contributed by atoms with Crippen molar-refractivity contribution in [2.75, 3.05) is 14.1 Å². The second-order valence-corrected chi connectivity index (χ2v) is 4.74. The number of carbonyl (C=O) groups excluding carboxylic acids is 1. The maximum absolute atomic E-state index is 11.8. The Morgan fingerprint density at radius 1 is 1.26 bits per heavy atom. The topological polar surface area (TPSA) is 58.4 Å². The predicted molar refractivity (Wildman–Crippen MR) is 72.7 cm³/mol. The number of amides is 1. The summed E-state index contributed by atoms with van der Waals surface area (Å²) in [6.45, 7) is 3.81. The van der Waals surface area contributed by atoms with Gasteiger partial charge in [-0.1, -0.05) is 0 Å². The zero-order valence-electron chi connectivity index (χ0n) is 11.5. The summed E-state index contributed by atoms with van der Waals surface area (Å²) in [7, 11) is 3.35. The van der Waals surface area contributed by atoms with Gasteiger partial charge >= 0.3 is 0 Å². The van der Waals surface area contributed by atoms with Crippen LogP contribution in [0.1, 0.15) is 21.7 Å². The van der Waals surface area contributed by atoms with Gasteiger partial charge in [-0.3, -0.25) is 4.79 Å². The highest BCUT2D eigenvalue weighted by Crippen LogP contribution is 2.24. The summed E-state index contributed by atoms with van der Waals surface area (Å²) in [5, 5.41) is 14.4. The molecule has 1 heterocycles. The summed E-state index contributed by atoms with van der Waals surface area (Å²) in [6, 6.07) is 6.78. The van der Waals surface area contributed by atoms with Gasteiger partial charge in [-0.25, -0.2) is 4.68 Å². The van der Waals surface area contributed by atoms with Crippen LogP contribution in [0.4, 0.5) is 0 Å². The summed E-state index contributed by atoms with van der Waals surface area (Å²) in [5.74, 6) is -0.103. The molecule has 0 spiro atoms. The van der Waals surface area contributed by atoms with Crippen LogP contribution in [0, 0.1) is 13.8 Å². The predicted octanol–water partition coefficient (Wildman–Crippen LogP) is 1.90. The van der Waals surface area contributed by atoms with Gasteiger partial charge in [0.05, 0.1) is 5.69 Å². The molecule has 0 radical (unpaired) electrons. The first-order valence-corrected chi connectivity index (χ1v) is 5.98. The fraction of sp³-hybridized carbons (Fsp3) is 0.286. The highest BCUT2D eigenvalue weighted by atomic mass is 16.3. The van der Waals surface area contributed by atoms with E-state index in [1.54, 1.807) is 30.9 Å². The van der Waals surface area contributed by atoms with Crippen LogP contribution in [0.3, 0.4) is 0 Å². The third-order valence-electron chi connectivity index (χ3n) is 2.87. The van der Waals surface area contributed by atoms with Gasteiger partial charge in [0, 0.05) is 25.4 Å². The number of aryl methyl sites for hydroxylation is 2. The van der Waals surface area contributed by atoms with Crippen molar-refractivity contribution in [1.82, 2.24) is 14.7 Å². The van der Waals surface area contributed by atoms with E-state index < -0.39 is 0 Å². The van der Waals surface area contributed by atoms with Gasteiger partial charge < -0.3 is 10.0 Å². The molecule has 0 fully saturated rings. The van der Waals surface area contributed by atoms with E-state index in [1.165, 1.54) is 11.0 Å². The quantitative estimate of drug-likeness (QED) is 0.896. The lowest BCUT2D eigenvalue weighted by molar-refractivity contribution is 0.0827. The number of rotatable bonds is 2. The first kappa shape index (κ1) is 13.1. The fourth-order valence-electron chi connectivity index (χ4n) is 1.97. The summed E-state index contributed by atoms with van der Waals surface area (Å²) >= 11 is 0. The molecule has 5 heteroatoms. The van der Waals surface area contributed by atoms with E-state index in [9.17, 15) is 9.90 Å². The van der Waals surface area contributed by atoms with Crippen molar-refractivity contribution in [2.45, 2.75) is 13.8 Å². The van der Waals surface area contributed by atoms with E-state index in [1.807, 2.05) is 19.9 Å². The van der Waals surface area contributed by atoms with Gasteiger partial charge in [-0.2, -0.15) is 5.10 Å². The molecule has 0 atom stereocenters. The average Bonchev–Trinajstić information content (AvgIpc) is 2.67. The van der Waals surface area contributed by atoms with Crippen LogP contribution >= 0.6 is 0 Å². The van der Waals surface area contributed by atoms with E-state index in [0.29, 0.717) is 11.3 Å². The smallest absolute Gasteiger partial charge is 0.253 e. The molecule has 1 amide bonds. The van der Waals surface area contributed by atoms with Crippen LogP contribution < -0.4 is 0 Å². The lowest BCUT2D eigenvalue weighted by Gasteiger charge is -2.12. The van der Waals surface area contributed by atoms with Crippen molar-refractivity contribution >= 4 is 5.91 Å². The molecule has 0 aliphatic rings. The molecule has 2 rings (SSSR count). The number of nitrogens with zero attached hydrogens (tertiary/aromatic N) is 3. The Kier molecular flexibility index (Phi) is 3.29. The molecule has 0 aliphatic carbocycles. The van der Waals surface area contributed by atoms with Crippen molar-refractivity contribution in [2.24, 2.45) is 0 Å². The number of aromatic hydroxyl groups is 1. The molecule has 1 N–H and O–H groups in total. The van der Waals surface area contributed by atoms with E-state index in [0.717, 1.165) is 11.4 Å². The average molecular weight is 259 g/mol. The Hall–Kier alpha value is -2.30. The molecule has 0 saturated carbocycles. The molecule has 0 unspecified atom stereocenters. The summed E-state index contributed by atoms with van der Waals surface area (Å²) < 4.78 is 1.66. The Balaban J connectivity index is 2.45. The van der Waals surface area contributed by atoms with Crippen molar-refractivity contribution < 1.29 is 9.90 Å². The van der Waals surface area contributed by atoms with E-state index in [4.69, 9.17) is 0 Å². The lowest BCUT2D eigenvalue weighted by atomic mass is 10.1. The summed E-state index contributed by atoms with van der Waals surface area (Å²) in [4.78, 5) is 13.3. The van der Waals surface area contributed by atoms with Gasteiger partial charge in [0.1, 0.15) is 11.4 Å². The van der Waals surface area contributed by atoms with E-state index in [-0.39, 0.29) is 11.7 Å². The van der Waals surface area contributed by atoms with Gasteiger partial charge in [0.15, 0.2) is 0 Å². The Morgan fingerprint density at radius 3 is 2.42 bits per heavy atom. The molecule has 1 aromatic heterocycles. The minimum Gasteiger partial charge on any atom is -0.506 e. The molecule has 0 bridgehead atoms. The molecule has 1 aromatic carbocycles. The number of carbonyl (C=O) groups is 1. The number of phenolic OH excluding ortho intramolecular Hbond substituents is 1. The number of phenols is 1. The second kappa shape index (κ2) is 4.76. The zero-order valence-corrected chi connectivity index (χ0v) is 11.5. The Labute approximate surface area is 112 Å². The standard InChI is InChI=1S/C14H17N3O2/c1-9-7-10(2)17(15-9)12-6-5-11(8-13(12)18)14(19)16(3)4/h5-8,18H,1-4H3. The first-order valence-electron chi connectivity index (χ1n) is 5.98. The molecular formula is C14H17N3O2. The molecule has 0 aliphatic heterocycles. The molecule has 100 valence electrons. The van der Waals surface area contributed by atoms with Crippen LogP contribution in [0.2, 0.25) is 0 Å².